The van der Waals surface area contributed by atoms with Crippen LogP contribution in [0.4, 0.5) is 0 Å². The number of fused-ring (bicyclic) bond motifs is 5. The summed E-state index contributed by atoms with van der Waals surface area (Å²) in [5, 5.41) is 7.74. The molecule has 0 radical (unpaired) electrons. The fraction of sp³-hybridized carbons (Fsp3) is 0.870. The van der Waals surface area contributed by atoms with Crippen molar-refractivity contribution in [3.8, 4) is 0 Å². The number of cyclic esters (lactones) is 1. The number of oxime groups is 1. The van der Waals surface area contributed by atoms with Crippen molar-refractivity contribution in [1.29, 1.82) is 0 Å². The van der Waals surface area contributed by atoms with Gasteiger partial charge in [-0.3, -0.25) is 9.59 Å². The second-order valence-corrected chi connectivity index (χ2v) is 10.6. The SMILES string of the molecule is C[C@]12CC/C(=N/O[C@@H]3CCNC3)CC1C(=O)OC[C@@H]1[C@@H]2CC[C@]2(C)C(=O)CC[C@@H]12.Cl. The standard InChI is InChI=1S/C23H34N2O4.ClH/c1-22-8-5-14(25-29-15-7-10-24-12-15)11-19(22)21(27)28-13-16-17-3-4-20(26)23(17,2)9-6-18(16)22;/h15-19,24H,3-13H2,1-2H3;1H/b25-14-;/t15-,16+,17+,18+,19?,22-,23+;/m1./s1. The number of nitrogens with zero attached hydrogens (tertiary/aromatic N) is 1. The van der Waals surface area contributed by atoms with Gasteiger partial charge in [0.1, 0.15) is 11.9 Å². The molecular formula is C23H35ClN2O4. The number of rotatable bonds is 2. The molecule has 3 saturated carbocycles. The number of halogens is 1. The summed E-state index contributed by atoms with van der Waals surface area (Å²) in [4.78, 5) is 31.4. The maximum Gasteiger partial charge on any atom is 0.309 e. The van der Waals surface area contributed by atoms with E-state index in [9.17, 15) is 9.59 Å². The molecule has 3 aliphatic carbocycles. The van der Waals surface area contributed by atoms with Crippen molar-refractivity contribution in [3.63, 3.8) is 0 Å². The molecular weight excluding hydrogens is 404 g/mol. The van der Waals surface area contributed by atoms with Crippen molar-refractivity contribution >= 4 is 29.9 Å². The van der Waals surface area contributed by atoms with Crippen molar-refractivity contribution < 1.29 is 19.2 Å². The van der Waals surface area contributed by atoms with Gasteiger partial charge in [-0.25, -0.2) is 0 Å². The third kappa shape index (κ3) is 3.38. The number of hydrogen-bond donors (Lipinski definition) is 1. The number of carbonyl (C=O) groups excluding carboxylic acids is 2. The monoisotopic (exact) mass is 438 g/mol. The molecule has 168 valence electrons. The Labute approximate surface area is 185 Å². The summed E-state index contributed by atoms with van der Waals surface area (Å²) in [6.07, 6.45) is 7.30. The van der Waals surface area contributed by atoms with Gasteiger partial charge in [-0.1, -0.05) is 19.0 Å². The lowest BCUT2D eigenvalue weighted by Crippen LogP contribution is -2.50. The molecule has 0 spiro atoms. The zero-order valence-electron chi connectivity index (χ0n) is 18.2. The molecule has 0 amide bonds. The van der Waals surface area contributed by atoms with Crippen LogP contribution in [0.25, 0.3) is 0 Å². The van der Waals surface area contributed by atoms with Crippen LogP contribution in [0.1, 0.15) is 65.2 Å². The molecule has 30 heavy (non-hydrogen) atoms. The fourth-order valence-corrected chi connectivity index (χ4v) is 7.29. The van der Waals surface area contributed by atoms with E-state index in [-0.39, 0.29) is 41.2 Å². The number of Topliss-reactive ketones (excluding diaryl/α,β-unsaturated/α-hetero) is 1. The van der Waals surface area contributed by atoms with Gasteiger partial charge in [-0.15, -0.1) is 12.4 Å². The highest BCUT2D eigenvalue weighted by molar-refractivity contribution is 5.90. The Hall–Kier alpha value is -1.14. The van der Waals surface area contributed by atoms with Gasteiger partial charge < -0.3 is 14.9 Å². The molecule has 0 bridgehead atoms. The summed E-state index contributed by atoms with van der Waals surface area (Å²) in [6.45, 7) is 6.78. The number of hydrogen-bond acceptors (Lipinski definition) is 6. The van der Waals surface area contributed by atoms with Crippen LogP contribution in [0.2, 0.25) is 0 Å². The first-order chi connectivity index (χ1) is 13.9. The minimum atomic E-state index is -0.200. The number of carbonyl (C=O) groups is 2. The third-order valence-electron chi connectivity index (χ3n) is 9.23. The van der Waals surface area contributed by atoms with E-state index in [2.05, 4.69) is 24.3 Å². The molecule has 0 aromatic carbocycles. The molecule has 1 unspecified atom stereocenters. The predicted octanol–water partition coefficient (Wildman–Crippen LogP) is 3.52. The normalized spacial score (nSPS) is 46.9. The lowest BCUT2D eigenvalue weighted by Gasteiger charge is -2.52. The molecule has 1 N–H and O–H groups in total. The molecule has 2 heterocycles. The topological polar surface area (TPSA) is 77.0 Å². The van der Waals surface area contributed by atoms with E-state index >= 15 is 0 Å². The summed E-state index contributed by atoms with van der Waals surface area (Å²) in [5.41, 5.74) is 0.736. The first kappa shape index (κ1) is 22.1. The van der Waals surface area contributed by atoms with Gasteiger partial charge in [0.15, 0.2) is 0 Å². The second kappa shape index (κ2) is 8.09. The van der Waals surface area contributed by atoms with Crippen LogP contribution in [-0.4, -0.2) is 43.3 Å². The average Bonchev–Trinajstić information content (AvgIpc) is 3.31. The molecule has 7 heteroatoms. The van der Waals surface area contributed by atoms with Gasteiger partial charge in [-0.2, -0.15) is 0 Å². The first-order valence-electron chi connectivity index (χ1n) is 11.5. The molecule has 2 aliphatic heterocycles. The van der Waals surface area contributed by atoms with Crippen LogP contribution >= 0.6 is 12.4 Å². The van der Waals surface area contributed by atoms with Crippen molar-refractivity contribution in [2.75, 3.05) is 19.7 Å². The Bertz CT molecular complexity index is 737. The predicted molar refractivity (Wildman–Crippen MR) is 116 cm³/mol. The summed E-state index contributed by atoms with van der Waals surface area (Å²) < 4.78 is 5.87. The van der Waals surface area contributed by atoms with E-state index in [0.29, 0.717) is 43.0 Å². The third-order valence-corrected chi connectivity index (χ3v) is 9.23. The number of esters is 1. The summed E-state index contributed by atoms with van der Waals surface area (Å²) in [6, 6.07) is 0. The smallest absolute Gasteiger partial charge is 0.309 e. The van der Waals surface area contributed by atoms with E-state index in [4.69, 9.17) is 9.57 Å². The summed E-state index contributed by atoms with van der Waals surface area (Å²) >= 11 is 0. The van der Waals surface area contributed by atoms with Gasteiger partial charge >= 0.3 is 5.97 Å². The average molecular weight is 439 g/mol. The molecule has 0 aromatic heterocycles. The van der Waals surface area contributed by atoms with Crippen molar-refractivity contribution in [3.05, 3.63) is 0 Å². The maximum atomic E-state index is 13.0. The van der Waals surface area contributed by atoms with Crippen LogP contribution < -0.4 is 5.32 Å². The van der Waals surface area contributed by atoms with Crippen LogP contribution in [0.5, 0.6) is 0 Å². The van der Waals surface area contributed by atoms with Crippen LogP contribution in [0.3, 0.4) is 0 Å². The van der Waals surface area contributed by atoms with Crippen LogP contribution in [0.15, 0.2) is 5.16 Å². The molecule has 7 atom stereocenters. The highest BCUT2D eigenvalue weighted by atomic mass is 35.5. The summed E-state index contributed by atoms with van der Waals surface area (Å²) in [5.74, 6) is 1.35. The Morgan fingerprint density at radius 3 is 2.70 bits per heavy atom. The fourth-order valence-electron chi connectivity index (χ4n) is 7.29. The lowest BCUT2D eigenvalue weighted by molar-refractivity contribution is -0.151. The largest absolute Gasteiger partial charge is 0.465 e. The first-order valence-corrected chi connectivity index (χ1v) is 11.5. The van der Waals surface area contributed by atoms with Gasteiger partial charge in [0.05, 0.1) is 18.2 Å². The zero-order valence-corrected chi connectivity index (χ0v) is 19.0. The molecule has 2 saturated heterocycles. The number of ether oxygens (including phenoxy) is 1. The highest BCUT2D eigenvalue weighted by Gasteiger charge is 2.61. The Balaban J connectivity index is 0.00000218. The lowest BCUT2D eigenvalue weighted by atomic mass is 9.50. The van der Waals surface area contributed by atoms with E-state index in [1.807, 2.05) is 0 Å². The molecule has 0 aromatic rings. The van der Waals surface area contributed by atoms with Crippen molar-refractivity contribution in [2.24, 2.45) is 39.7 Å². The Morgan fingerprint density at radius 2 is 1.93 bits per heavy atom. The maximum absolute atomic E-state index is 13.0. The van der Waals surface area contributed by atoms with Gasteiger partial charge in [0, 0.05) is 37.1 Å². The van der Waals surface area contributed by atoms with Crippen LogP contribution in [0, 0.1) is 34.5 Å². The minimum Gasteiger partial charge on any atom is -0.465 e. The number of ketones is 1. The van der Waals surface area contributed by atoms with E-state index < -0.39 is 0 Å². The molecule has 5 fully saturated rings. The number of nitrogens with one attached hydrogen (secondary N) is 1. The molecule has 5 aliphatic rings. The van der Waals surface area contributed by atoms with Gasteiger partial charge in [0.25, 0.3) is 0 Å². The van der Waals surface area contributed by atoms with E-state index in [0.717, 1.165) is 57.3 Å². The van der Waals surface area contributed by atoms with Gasteiger partial charge in [-0.05, 0) is 55.9 Å². The quantitative estimate of drug-likeness (QED) is 0.527. The Morgan fingerprint density at radius 1 is 1.10 bits per heavy atom. The minimum absolute atomic E-state index is 0. The van der Waals surface area contributed by atoms with E-state index in [1.165, 1.54) is 0 Å². The highest BCUT2D eigenvalue weighted by Crippen LogP contribution is 2.62. The van der Waals surface area contributed by atoms with Gasteiger partial charge in [0.2, 0.25) is 0 Å². The second-order valence-electron chi connectivity index (χ2n) is 10.6. The molecule has 5 rings (SSSR count). The summed E-state index contributed by atoms with van der Waals surface area (Å²) in [7, 11) is 0. The molecule has 6 nitrogen and oxygen atoms in total. The van der Waals surface area contributed by atoms with Crippen molar-refractivity contribution in [1.82, 2.24) is 5.32 Å². The van der Waals surface area contributed by atoms with Crippen molar-refractivity contribution in [2.45, 2.75) is 71.3 Å². The Kier molecular flexibility index (Phi) is 5.95. The van der Waals surface area contributed by atoms with Crippen LogP contribution in [-0.2, 0) is 19.2 Å². The zero-order chi connectivity index (χ0) is 20.2. The van der Waals surface area contributed by atoms with E-state index in [1.54, 1.807) is 0 Å².